The molecule has 0 radical (unpaired) electrons. The van der Waals surface area contributed by atoms with Gasteiger partial charge in [0.05, 0.1) is 19.3 Å². The van der Waals surface area contributed by atoms with Crippen LogP contribution in [0.25, 0.3) is 0 Å². The number of benzene rings is 1. The predicted molar refractivity (Wildman–Crippen MR) is 70.4 cm³/mol. The molecule has 0 amide bonds. The summed E-state index contributed by atoms with van der Waals surface area (Å²) >= 11 is 0. The number of hydrogen-bond donors (Lipinski definition) is 1. The molecule has 1 aromatic rings. The lowest BCUT2D eigenvalue weighted by Gasteiger charge is -2.33. The molecular formula is C15H21NO2. The van der Waals surface area contributed by atoms with E-state index in [0.717, 1.165) is 39.1 Å². The Hall–Kier alpha value is -0.900. The number of fused-ring (bicyclic) bond motifs is 1. The highest BCUT2D eigenvalue weighted by Gasteiger charge is 2.37. The second-order valence-electron chi connectivity index (χ2n) is 5.52. The van der Waals surface area contributed by atoms with Gasteiger partial charge in [-0.15, -0.1) is 0 Å². The van der Waals surface area contributed by atoms with Crippen LogP contribution in [0.3, 0.4) is 0 Å². The first-order chi connectivity index (χ1) is 8.83. The smallest absolute Gasteiger partial charge is 0.0834 e. The number of ether oxygens (including phenoxy) is 2. The summed E-state index contributed by atoms with van der Waals surface area (Å²) in [7, 11) is 0. The van der Waals surface area contributed by atoms with Crippen LogP contribution in [-0.4, -0.2) is 26.4 Å². The minimum Gasteiger partial charge on any atom is -0.381 e. The molecule has 2 atom stereocenters. The standard InChI is InChI=1S/C15H21NO2/c16-10-15(6-8-17-11-15)9-14-13-4-2-1-3-12(13)5-7-18-14/h1-4,14H,5-11,16H2. The van der Waals surface area contributed by atoms with E-state index in [9.17, 15) is 0 Å². The zero-order valence-electron chi connectivity index (χ0n) is 10.7. The first kappa shape index (κ1) is 12.2. The Morgan fingerprint density at radius 1 is 1.28 bits per heavy atom. The van der Waals surface area contributed by atoms with Crippen molar-refractivity contribution in [3.05, 3.63) is 35.4 Å². The van der Waals surface area contributed by atoms with Crippen LogP contribution in [-0.2, 0) is 15.9 Å². The number of nitrogens with two attached hydrogens (primary N) is 1. The molecule has 0 saturated carbocycles. The Kier molecular flexibility index (Phi) is 3.37. The van der Waals surface area contributed by atoms with Gasteiger partial charge in [0.25, 0.3) is 0 Å². The summed E-state index contributed by atoms with van der Waals surface area (Å²) < 4.78 is 11.5. The monoisotopic (exact) mass is 247 g/mol. The van der Waals surface area contributed by atoms with Crippen molar-refractivity contribution < 1.29 is 9.47 Å². The van der Waals surface area contributed by atoms with Crippen molar-refractivity contribution in [2.75, 3.05) is 26.4 Å². The maximum atomic E-state index is 5.98. The minimum atomic E-state index is 0.120. The fourth-order valence-corrected chi connectivity index (χ4v) is 3.09. The molecule has 18 heavy (non-hydrogen) atoms. The van der Waals surface area contributed by atoms with Crippen molar-refractivity contribution in [2.45, 2.75) is 25.4 Å². The highest BCUT2D eigenvalue weighted by Crippen LogP contribution is 2.40. The molecule has 3 heteroatoms. The third-order valence-corrected chi connectivity index (χ3v) is 4.33. The molecule has 2 heterocycles. The van der Waals surface area contributed by atoms with Gasteiger partial charge in [0.2, 0.25) is 0 Å². The van der Waals surface area contributed by atoms with Crippen molar-refractivity contribution in [2.24, 2.45) is 11.1 Å². The van der Waals surface area contributed by atoms with E-state index in [-0.39, 0.29) is 11.5 Å². The predicted octanol–water partition coefficient (Wildman–Crippen LogP) is 2.06. The van der Waals surface area contributed by atoms with E-state index < -0.39 is 0 Å². The van der Waals surface area contributed by atoms with Crippen LogP contribution in [0.15, 0.2) is 24.3 Å². The van der Waals surface area contributed by atoms with Crippen molar-refractivity contribution in [3.8, 4) is 0 Å². The van der Waals surface area contributed by atoms with Crippen molar-refractivity contribution in [1.29, 1.82) is 0 Å². The molecule has 0 aromatic heterocycles. The van der Waals surface area contributed by atoms with Crippen LogP contribution < -0.4 is 5.73 Å². The van der Waals surface area contributed by atoms with Gasteiger partial charge in [-0.05, 0) is 30.4 Å². The highest BCUT2D eigenvalue weighted by atomic mass is 16.5. The molecule has 1 fully saturated rings. The Morgan fingerprint density at radius 2 is 2.17 bits per heavy atom. The van der Waals surface area contributed by atoms with E-state index in [0.29, 0.717) is 6.54 Å². The zero-order chi connectivity index (χ0) is 12.4. The topological polar surface area (TPSA) is 44.5 Å². The number of rotatable bonds is 3. The van der Waals surface area contributed by atoms with Crippen LogP contribution in [0, 0.1) is 5.41 Å². The lowest BCUT2D eigenvalue weighted by molar-refractivity contribution is 0.00378. The largest absolute Gasteiger partial charge is 0.381 e. The van der Waals surface area contributed by atoms with E-state index in [1.807, 2.05) is 0 Å². The van der Waals surface area contributed by atoms with Gasteiger partial charge in [-0.3, -0.25) is 0 Å². The summed E-state index contributed by atoms with van der Waals surface area (Å²) in [6.45, 7) is 3.13. The first-order valence-electron chi connectivity index (χ1n) is 6.80. The highest BCUT2D eigenvalue weighted by molar-refractivity contribution is 5.31. The van der Waals surface area contributed by atoms with Gasteiger partial charge in [-0.25, -0.2) is 0 Å². The van der Waals surface area contributed by atoms with Crippen LogP contribution in [0.1, 0.15) is 30.1 Å². The molecule has 0 spiro atoms. The quantitative estimate of drug-likeness (QED) is 0.889. The average molecular weight is 247 g/mol. The average Bonchev–Trinajstić information content (AvgIpc) is 2.88. The lowest BCUT2D eigenvalue weighted by atomic mass is 9.79. The summed E-state index contributed by atoms with van der Waals surface area (Å²) in [5, 5.41) is 0. The Bertz CT molecular complexity index is 413. The van der Waals surface area contributed by atoms with Gasteiger partial charge in [0, 0.05) is 18.6 Å². The number of hydrogen-bond acceptors (Lipinski definition) is 3. The van der Waals surface area contributed by atoms with Crippen molar-refractivity contribution in [1.82, 2.24) is 0 Å². The summed E-state index contributed by atoms with van der Waals surface area (Å²) in [5.74, 6) is 0. The first-order valence-corrected chi connectivity index (χ1v) is 6.80. The van der Waals surface area contributed by atoms with Crippen molar-refractivity contribution in [3.63, 3.8) is 0 Å². The fourth-order valence-electron chi connectivity index (χ4n) is 3.09. The molecule has 0 aliphatic carbocycles. The van der Waals surface area contributed by atoms with Crippen molar-refractivity contribution >= 4 is 0 Å². The van der Waals surface area contributed by atoms with Gasteiger partial charge >= 0.3 is 0 Å². The van der Waals surface area contributed by atoms with Crippen LogP contribution in [0.5, 0.6) is 0 Å². The Balaban J connectivity index is 1.81. The second-order valence-corrected chi connectivity index (χ2v) is 5.52. The van der Waals surface area contributed by atoms with E-state index in [1.54, 1.807) is 0 Å². The van der Waals surface area contributed by atoms with E-state index >= 15 is 0 Å². The lowest BCUT2D eigenvalue weighted by Crippen LogP contribution is -2.34. The summed E-state index contributed by atoms with van der Waals surface area (Å²) in [6.07, 6.45) is 3.27. The second kappa shape index (κ2) is 5.00. The molecule has 0 bridgehead atoms. The molecule has 3 nitrogen and oxygen atoms in total. The maximum absolute atomic E-state index is 5.98. The Labute approximate surface area is 108 Å². The molecule has 1 aromatic carbocycles. The molecular weight excluding hydrogens is 226 g/mol. The van der Waals surface area contributed by atoms with Gasteiger partial charge in [-0.1, -0.05) is 24.3 Å². The van der Waals surface area contributed by atoms with Crippen LogP contribution >= 0.6 is 0 Å². The van der Waals surface area contributed by atoms with E-state index in [4.69, 9.17) is 15.2 Å². The van der Waals surface area contributed by atoms with E-state index in [2.05, 4.69) is 24.3 Å². The van der Waals surface area contributed by atoms with Crippen LogP contribution in [0.2, 0.25) is 0 Å². The van der Waals surface area contributed by atoms with Gasteiger partial charge in [-0.2, -0.15) is 0 Å². The molecule has 2 N–H and O–H groups in total. The van der Waals surface area contributed by atoms with Gasteiger partial charge < -0.3 is 15.2 Å². The maximum Gasteiger partial charge on any atom is 0.0834 e. The molecule has 1 saturated heterocycles. The normalized spacial score (nSPS) is 31.3. The third-order valence-electron chi connectivity index (χ3n) is 4.33. The van der Waals surface area contributed by atoms with Gasteiger partial charge in [0.15, 0.2) is 0 Å². The molecule has 2 unspecified atom stereocenters. The van der Waals surface area contributed by atoms with E-state index in [1.165, 1.54) is 11.1 Å². The molecule has 98 valence electrons. The zero-order valence-corrected chi connectivity index (χ0v) is 10.7. The molecule has 2 aliphatic rings. The fraction of sp³-hybridized carbons (Fsp3) is 0.600. The molecule has 3 rings (SSSR count). The Morgan fingerprint density at radius 3 is 2.94 bits per heavy atom. The summed E-state index contributed by atoms with van der Waals surface area (Å²) in [5.41, 5.74) is 8.87. The summed E-state index contributed by atoms with van der Waals surface area (Å²) in [4.78, 5) is 0. The van der Waals surface area contributed by atoms with Gasteiger partial charge in [0.1, 0.15) is 0 Å². The summed E-state index contributed by atoms with van der Waals surface area (Å²) in [6, 6.07) is 8.61. The SMILES string of the molecule is NCC1(CC2OCCc3ccccc32)CCOC1. The minimum absolute atomic E-state index is 0.120. The molecule has 2 aliphatic heterocycles. The van der Waals surface area contributed by atoms with Crippen LogP contribution in [0.4, 0.5) is 0 Å². The third kappa shape index (κ3) is 2.18.